The third kappa shape index (κ3) is 2.58. The van der Waals surface area contributed by atoms with Crippen LogP contribution in [0.5, 0.6) is 5.75 Å². The highest BCUT2D eigenvalue weighted by atomic mass is 16.3. The predicted molar refractivity (Wildman–Crippen MR) is 86.3 cm³/mol. The Morgan fingerprint density at radius 2 is 1.71 bits per heavy atom. The second-order valence-corrected chi connectivity index (χ2v) is 4.96. The number of nitrogens with one attached hydrogen (secondary N) is 1. The summed E-state index contributed by atoms with van der Waals surface area (Å²) in [7, 11) is 0. The molecular weight excluding hydrogens is 262 g/mol. The molecule has 0 amide bonds. The Bertz CT molecular complexity index is 874. The summed E-state index contributed by atoms with van der Waals surface area (Å²) in [5, 5.41) is 9.96. The lowest BCUT2D eigenvalue weighted by Gasteiger charge is -2.04. The molecule has 3 heteroatoms. The van der Waals surface area contributed by atoms with E-state index in [0.717, 1.165) is 16.8 Å². The number of fused-ring (bicyclic) bond motifs is 1. The van der Waals surface area contributed by atoms with Crippen molar-refractivity contribution in [2.45, 2.75) is 6.92 Å². The first-order chi connectivity index (χ1) is 10.1. The molecule has 0 aliphatic carbocycles. The summed E-state index contributed by atoms with van der Waals surface area (Å²) in [6.07, 6.45) is 3.68. The third-order valence-electron chi connectivity index (χ3n) is 3.48. The van der Waals surface area contributed by atoms with E-state index in [1.807, 2.05) is 43.3 Å². The van der Waals surface area contributed by atoms with Crippen LogP contribution in [0.15, 0.2) is 53.3 Å². The van der Waals surface area contributed by atoms with Crippen molar-refractivity contribution in [2.75, 3.05) is 0 Å². The number of phenolic OH excluding ortho intramolecular Hbond substituents is 1. The van der Waals surface area contributed by atoms with Gasteiger partial charge in [0.1, 0.15) is 5.75 Å². The van der Waals surface area contributed by atoms with E-state index in [1.165, 1.54) is 0 Å². The fraction of sp³-hybridized carbons (Fsp3) is 0.0556. The summed E-state index contributed by atoms with van der Waals surface area (Å²) >= 11 is 0. The van der Waals surface area contributed by atoms with E-state index in [0.29, 0.717) is 10.9 Å². The molecule has 0 atom stereocenters. The summed E-state index contributed by atoms with van der Waals surface area (Å²) in [5.41, 5.74) is 3.30. The number of pyridine rings is 1. The number of aromatic hydroxyl groups is 1. The van der Waals surface area contributed by atoms with E-state index in [2.05, 4.69) is 4.98 Å². The maximum Gasteiger partial charge on any atom is 0.196 e. The predicted octanol–water partition coefficient (Wildman–Crippen LogP) is 3.71. The monoisotopic (exact) mass is 277 g/mol. The number of benzene rings is 2. The van der Waals surface area contributed by atoms with Crippen LogP contribution in [0.3, 0.4) is 0 Å². The highest BCUT2D eigenvalue weighted by Crippen LogP contribution is 2.15. The quantitative estimate of drug-likeness (QED) is 0.750. The summed E-state index contributed by atoms with van der Waals surface area (Å²) in [6.45, 7) is 1.89. The van der Waals surface area contributed by atoms with Gasteiger partial charge in [-0.25, -0.2) is 0 Å². The van der Waals surface area contributed by atoms with Gasteiger partial charge < -0.3 is 10.1 Å². The molecule has 0 saturated heterocycles. The molecule has 3 nitrogen and oxygen atoms in total. The zero-order valence-electron chi connectivity index (χ0n) is 11.6. The zero-order chi connectivity index (χ0) is 14.8. The molecule has 21 heavy (non-hydrogen) atoms. The molecule has 1 aromatic heterocycles. The smallest absolute Gasteiger partial charge is 0.196 e. The van der Waals surface area contributed by atoms with Gasteiger partial charge in [-0.15, -0.1) is 0 Å². The van der Waals surface area contributed by atoms with Crippen LogP contribution in [0, 0.1) is 6.92 Å². The van der Waals surface area contributed by atoms with Crippen molar-refractivity contribution < 1.29 is 5.11 Å². The van der Waals surface area contributed by atoms with Crippen molar-refractivity contribution >= 4 is 23.1 Å². The Morgan fingerprint density at radius 3 is 2.48 bits per heavy atom. The first kappa shape index (κ1) is 13.2. The van der Waals surface area contributed by atoms with Crippen LogP contribution in [-0.4, -0.2) is 10.1 Å². The van der Waals surface area contributed by atoms with Crippen molar-refractivity contribution in [3.05, 3.63) is 75.6 Å². The molecule has 0 unspecified atom stereocenters. The number of hydrogen-bond donors (Lipinski definition) is 2. The maximum atomic E-state index is 12.5. The van der Waals surface area contributed by atoms with Crippen molar-refractivity contribution in [1.29, 1.82) is 0 Å². The number of phenols is 1. The van der Waals surface area contributed by atoms with Crippen LogP contribution in [0.25, 0.3) is 23.1 Å². The van der Waals surface area contributed by atoms with E-state index in [9.17, 15) is 9.90 Å². The van der Waals surface area contributed by atoms with Gasteiger partial charge in [0.05, 0.1) is 0 Å². The van der Waals surface area contributed by atoms with Gasteiger partial charge in [-0.3, -0.25) is 4.79 Å². The second-order valence-electron chi connectivity index (χ2n) is 4.96. The third-order valence-corrected chi connectivity index (χ3v) is 3.48. The molecule has 0 fully saturated rings. The van der Waals surface area contributed by atoms with E-state index >= 15 is 0 Å². The number of hydrogen-bond acceptors (Lipinski definition) is 2. The van der Waals surface area contributed by atoms with Crippen LogP contribution in [-0.2, 0) is 0 Å². The average molecular weight is 277 g/mol. The van der Waals surface area contributed by atoms with Crippen molar-refractivity contribution in [3.63, 3.8) is 0 Å². The lowest BCUT2D eigenvalue weighted by molar-refractivity contribution is 0.475. The van der Waals surface area contributed by atoms with Gasteiger partial charge >= 0.3 is 0 Å². The SMILES string of the molecule is Cc1[nH]c2ccccc2c(=O)c1/C=C/c1ccc(O)cc1. The molecule has 0 radical (unpaired) electrons. The molecule has 0 bridgehead atoms. The van der Waals surface area contributed by atoms with Crippen molar-refractivity contribution in [3.8, 4) is 5.75 Å². The van der Waals surface area contributed by atoms with Crippen LogP contribution in [0.2, 0.25) is 0 Å². The molecule has 0 spiro atoms. The molecule has 104 valence electrons. The van der Waals surface area contributed by atoms with Crippen molar-refractivity contribution in [1.82, 2.24) is 4.98 Å². The summed E-state index contributed by atoms with van der Waals surface area (Å²) in [5.74, 6) is 0.229. The van der Waals surface area contributed by atoms with E-state index in [-0.39, 0.29) is 11.2 Å². The number of aromatic amines is 1. The first-order valence-electron chi connectivity index (χ1n) is 6.74. The van der Waals surface area contributed by atoms with Crippen LogP contribution in [0.4, 0.5) is 0 Å². The summed E-state index contributed by atoms with van der Waals surface area (Å²) < 4.78 is 0. The number of aromatic nitrogens is 1. The highest BCUT2D eigenvalue weighted by Gasteiger charge is 2.05. The van der Waals surface area contributed by atoms with Gasteiger partial charge in [-0.2, -0.15) is 0 Å². The number of H-pyrrole nitrogens is 1. The Morgan fingerprint density at radius 1 is 1.00 bits per heavy atom. The van der Waals surface area contributed by atoms with Crippen LogP contribution < -0.4 is 5.43 Å². The van der Waals surface area contributed by atoms with Crippen LogP contribution in [0.1, 0.15) is 16.8 Å². The van der Waals surface area contributed by atoms with E-state index in [4.69, 9.17) is 0 Å². The number of para-hydroxylation sites is 1. The zero-order valence-corrected chi connectivity index (χ0v) is 11.6. The Hall–Kier alpha value is -2.81. The molecule has 0 aliphatic heterocycles. The molecule has 2 N–H and O–H groups in total. The average Bonchev–Trinajstić information content (AvgIpc) is 2.49. The van der Waals surface area contributed by atoms with Gasteiger partial charge in [0.2, 0.25) is 0 Å². The Balaban J connectivity index is 2.08. The number of aryl methyl sites for hydroxylation is 1. The standard InChI is InChI=1S/C18H15NO2/c1-12-15(11-8-13-6-9-14(20)10-7-13)18(21)16-4-2-3-5-17(16)19-12/h2-11,20H,1H3,(H,19,21)/b11-8+. The fourth-order valence-electron chi connectivity index (χ4n) is 2.34. The maximum absolute atomic E-state index is 12.5. The summed E-state index contributed by atoms with van der Waals surface area (Å²) in [6, 6.07) is 14.3. The number of rotatable bonds is 2. The molecule has 0 aliphatic rings. The largest absolute Gasteiger partial charge is 0.508 e. The van der Waals surface area contributed by atoms with Crippen LogP contribution >= 0.6 is 0 Å². The minimum atomic E-state index is 0.0249. The highest BCUT2D eigenvalue weighted by molar-refractivity contribution is 5.83. The fourth-order valence-corrected chi connectivity index (χ4v) is 2.34. The van der Waals surface area contributed by atoms with E-state index < -0.39 is 0 Å². The lowest BCUT2D eigenvalue weighted by atomic mass is 10.1. The van der Waals surface area contributed by atoms with E-state index in [1.54, 1.807) is 24.3 Å². The Kier molecular flexibility index (Phi) is 3.32. The molecular formula is C18H15NO2. The van der Waals surface area contributed by atoms with Crippen molar-refractivity contribution in [2.24, 2.45) is 0 Å². The van der Waals surface area contributed by atoms with Gasteiger partial charge in [0.15, 0.2) is 5.43 Å². The lowest BCUT2D eigenvalue weighted by Crippen LogP contribution is -2.09. The summed E-state index contributed by atoms with van der Waals surface area (Å²) in [4.78, 5) is 15.8. The first-order valence-corrected chi connectivity index (χ1v) is 6.74. The topological polar surface area (TPSA) is 53.1 Å². The van der Waals surface area contributed by atoms with Gasteiger partial charge in [-0.05, 0) is 42.8 Å². The normalized spacial score (nSPS) is 11.3. The molecule has 1 heterocycles. The molecule has 3 rings (SSSR count). The Labute approximate surface area is 122 Å². The minimum Gasteiger partial charge on any atom is -0.508 e. The molecule has 3 aromatic rings. The molecule has 2 aromatic carbocycles. The van der Waals surface area contributed by atoms with Gasteiger partial charge in [-0.1, -0.05) is 30.3 Å². The molecule has 0 saturated carbocycles. The second kappa shape index (κ2) is 5.29. The van der Waals surface area contributed by atoms with Gasteiger partial charge in [0, 0.05) is 22.2 Å². The van der Waals surface area contributed by atoms with Gasteiger partial charge in [0.25, 0.3) is 0 Å². The minimum absolute atomic E-state index is 0.0249.